The molecule has 0 amide bonds. The maximum Gasteiger partial charge on any atom is 0.525 e. The van der Waals surface area contributed by atoms with Crippen LogP contribution in [0.4, 0.5) is 35.1 Å². The van der Waals surface area contributed by atoms with Gasteiger partial charge in [-0.05, 0) is 13.3 Å². The van der Waals surface area contributed by atoms with Gasteiger partial charge in [0.15, 0.2) is 0 Å². The zero-order chi connectivity index (χ0) is 15.0. The van der Waals surface area contributed by atoms with E-state index in [9.17, 15) is 35.1 Å². The lowest BCUT2D eigenvalue weighted by Crippen LogP contribution is -2.57. The molecule has 0 spiro atoms. The quantitative estimate of drug-likeness (QED) is 0.676. The van der Waals surface area contributed by atoms with E-state index >= 15 is 0 Å². The molecule has 18 heavy (non-hydrogen) atoms. The first-order valence-electron chi connectivity index (χ1n) is 4.86. The molecule has 0 saturated carbocycles. The number of hydrogen-bond donors (Lipinski definition) is 0. The van der Waals surface area contributed by atoms with E-state index in [1.165, 1.54) is 0 Å². The van der Waals surface area contributed by atoms with Crippen molar-refractivity contribution in [3.05, 3.63) is 0 Å². The fraction of sp³-hybridized carbons (Fsp3) is 1.00. The van der Waals surface area contributed by atoms with Gasteiger partial charge in [0, 0.05) is 6.92 Å². The molecule has 0 rings (SSSR count). The molecule has 2 atom stereocenters. The van der Waals surface area contributed by atoms with E-state index in [1.807, 2.05) is 0 Å². The molecule has 0 aliphatic heterocycles. The minimum Gasteiger partial charge on any atom is -0.247 e. The lowest BCUT2D eigenvalue weighted by molar-refractivity contribution is -0.447. The van der Waals surface area contributed by atoms with Crippen molar-refractivity contribution in [1.29, 1.82) is 0 Å². The first kappa shape index (κ1) is 17.4. The van der Waals surface area contributed by atoms with Gasteiger partial charge in [0.25, 0.3) is 11.8 Å². The fourth-order valence-electron chi connectivity index (χ4n) is 1.58. The lowest BCUT2D eigenvalue weighted by atomic mass is 9.87. The summed E-state index contributed by atoms with van der Waals surface area (Å²) in [4.78, 5) is 0. The zero-order valence-corrected chi connectivity index (χ0v) is 9.72. The van der Waals surface area contributed by atoms with Gasteiger partial charge in [-0.15, -0.1) is 13.2 Å². The second kappa shape index (κ2) is 4.82. The highest BCUT2D eigenvalue weighted by Gasteiger charge is 2.66. The molecular weight excluding hydrogens is 276 g/mol. The molecule has 9 heteroatoms. The smallest absolute Gasteiger partial charge is 0.247 e. The maximum absolute atomic E-state index is 13.8. The highest BCUT2D eigenvalue weighted by molar-refractivity contribution is 4.94. The molecule has 1 nitrogen and oxygen atoms in total. The largest absolute Gasteiger partial charge is 0.525 e. The van der Waals surface area contributed by atoms with E-state index < -0.39 is 36.4 Å². The molecule has 0 aromatic rings. The summed E-state index contributed by atoms with van der Waals surface area (Å²) in [5.41, 5.74) is 0. The molecule has 0 fully saturated rings. The molecular formula is C9H12F8O. The van der Waals surface area contributed by atoms with Crippen molar-refractivity contribution in [1.82, 2.24) is 0 Å². The zero-order valence-electron chi connectivity index (χ0n) is 9.72. The molecule has 0 aromatic carbocycles. The molecule has 0 radical (unpaired) electrons. The van der Waals surface area contributed by atoms with Crippen LogP contribution in [0.15, 0.2) is 0 Å². The number of halogens is 8. The van der Waals surface area contributed by atoms with E-state index in [4.69, 9.17) is 0 Å². The van der Waals surface area contributed by atoms with Gasteiger partial charge < -0.3 is 0 Å². The van der Waals surface area contributed by atoms with Gasteiger partial charge in [0.05, 0.1) is 5.92 Å². The van der Waals surface area contributed by atoms with Crippen LogP contribution in [0.1, 0.15) is 27.2 Å². The van der Waals surface area contributed by atoms with Gasteiger partial charge in [-0.1, -0.05) is 6.92 Å². The molecule has 110 valence electrons. The van der Waals surface area contributed by atoms with Crippen molar-refractivity contribution in [2.24, 2.45) is 5.92 Å². The fourth-order valence-corrected chi connectivity index (χ4v) is 1.58. The molecule has 0 aliphatic rings. The van der Waals surface area contributed by atoms with E-state index in [2.05, 4.69) is 4.74 Å². The highest BCUT2D eigenvalue weighted by atomic mass is 19.4. The van der Waals surface area contributed by atoms with Crippen LogP contribution in [0.2, 0.25) is 0 Å². The predicted octanol–water partition coefficient (Wildman–Crippen LogP) is 4.53. The summed E-state index contributed by atoms with van der Waals surface area (Å²) in [5.74, 6) is -16.6. The van der Waals surface area contributed by atoms with E-state index in [-0.39, 0.29) is 13.8 Å². The summed E-state index contributed by atoms with van der Waals surface area (Å²) in [6.07, 6.45) is -6.76. The number of alkyl halides is 8. The Labute approximate surface area is 98.1 Å². The average Bonchev–Trinajstić information content (AvgIpc) is 1.95. The Balaban J connectivity index is 5.61. The van der Waals surface area contributed by atoms with Crippen LogP contribution in [0.5, 0.6) is 0 Å². The first-order valence-corrected chi connectivity index (χ1v) is 4.86. The standard InChI is InChI=1S/C9H12F8O/c1-4-5(6(2,10)11)8(14,7(3,12)13)18-9(15,16)17/h5H,4H2,1-3H3. The third-order valence-electron chi connectivity index (χ3n) is 2.33. The maximum atomic E-state index is 13.8. The van der Waals surface area contributed by atoms with Crippen LogP contribution in [0, 0.1) is 5.92 Å². The van der Waals surface area contributed by atoms with Crippen LogP contribution >= 0.6 is 0 Å². The van der Waals surface area contributed by atoms with Crippen molar-refractivity contribution in [2.75, 3.05) is 0 Å². The monoisotopic (exact) mass is 288 g/mol. The van der Waals surface area contributed by atoms with Gasteiger partial charge in [0.2, 0.25) is 0 Å². The summed E-state index contributed by atoms with van der Waals surface area (Å²) >= 11 is 0. The van der Waals surface area contributed by atoms with Crippen molar-refractivity contribution in [3.63, 3.8) is 0 Å². The lowest BCUT2D eigenvalue weighted by Gasteiger charge is -2.39. The van der Waals surface area contributed by atoms with Crippen molar-refractivity contribution in [3.8, 4) is 0 Å². The molecule has 0 aliphatic carbocycles. The van der Waals surface area contributed by atoms with Gasteiger partial charge in [0.1, 0.15) is 0 Å². The Kier molecular flexibility index (Phi) is 4.66. The van der Waals surface area contributed by atoms with Crippen molar-refractivity contribution < 1.29 is 39.9 Å². The Hall–Kier alpha value is -0.600. The second-order valence-electron chi connectivity index (χ2n) is 4.00. The van der Waals surface area contributed by atoms with Gasteiger partial charge in [-0.2, -0.15) is 0 Å². The Bertz CT molecular complexity index is 276. The summed E-state index contributed by atoms with van der Waals surface area (Å²) < 4.78 is 104. The highest BCUT2D eigenvalue weighted by Crippen LogP contribution is 2.49. The van der Waals surface area contributed by atoms with Crippen LogP contribution < -0.4 is 0 Å². The summed E-state index contributed by atoms with van der Waals surface area (Å²) in [5, 5.41) is 0. The van der Waals surface area contributed by atoms with Gasteiger partial charge >= 0.3 is 12.3 Å². The van der Waals surface area contributed by atoms with Crippen molar-refractivity contribution in [2.45, 2.75) is 51.3 Å². The summed E-state index contributed by atoms with van der Waals surface area (Å²) in [6, 6.07) is 0. The number of rotatable bonds is 5. The summed E-state index contributed by atoms with van der Waals surface area (Å²) in [7, 11) is 0. The van der Waals surface area contributed by atoms with E-state index in [1.54, 1.807) is 0 Å². The van der Waals surface area contributed by atoms with Crippen LogP contribution in [0.25, 0.3) is 0 Å². The molecule has 0 aromatic heterocycles. The second-order valence-corrected chi connectivity index (χ2v) is 4.00. The van der Waals surface area contributed by atoms with E-state index in [0.717, 1.165) is 6.92 Å². The van der Waals surface area contributed by atoms with E-state index in [0.29, 0.717) is 0 Å². The third kappa shape index (κ3) is 3.96. The van der Waals surface area contributed by atoms with Crippen molar-refractivity contribution >= 4 is 0 Å². The molecule has 2 unspecified atom stereocenters. The van der Waals surface area contributed by atoms with Gasteiger partial charge in [-0.25, -0.2) is 26.7 Å². The average molecular weight is 288 g/mol. The number of ether oxygens (including phenoxy) is 1. The van der Waals surface area contributed by atoms with Crippen LogP contribution in [-0.4, -0.2) is 24.1 Å². The third-order valence-corrected chi connectivity index (χ3v) is 2.33. The minimum absolute atomic E-state index is 0.0565. The number of hydrogen-bond acceptors (Lipinski definition) is 1. The predicted molar refractivity (Wildman–Crippen MR) is 46.0 cm³/mol. The Morgan fingerprint density at radius 3 is 1.44 bits per heavy atom. The molecule has 0 saturated heterocycles. The normalized spacial score (nSPS) is 19.5. The van der Waals surface area contributed by atoms with Gasteiger partial charge in [-0.3, -0.25) is 0 Å². The summed E-state index contributed by atoms with van der Waals surface area (Å²) in [6.45, 7) is 0.677. The molecule has 0 bridgehead atoms. The first-order chi connectivity index (χ1) is 7.65. The SMILES string of the molecule is CCC(C(C)(F)F)C(F)(OC(F)(F)F)C(C)(F)F. The molecule has 0 heterocycles. The van der Waals surface area contributed by atoms with Crippen LogP contribution in [-0.2, 0) is 4.74 Å². The topological polar surface area (TPSA) is 9.23 Å². The Morgan fingerprint density at radius 2 is 1.28 bits per heavy atom. The minimum atomic E-state index is -5.80. The molecule has 0 N–H and O–H groups in total. The Morgan fingerprint density at radius 1 is 0.889 bits per heavy atom. The van der Waals surface area contributed by atoms with Crippen LogP contribution in [0.3, 0.4) is 0 Å².